The predicted octanol–water partition coefficient (Wildman–Crippen LogP) is 3.23. The van der Waals surface area contributed by atoms with Crippen molar-refractivity contribution in [3.63, 3.8) is 0 Å². The van der Waals surface area contributed by atoms with E-state index in [0.717, 1.165) is 44.3 Å². The average Bonchev–Trinajstić information content (AvgIpc) is 3.03. The number of hydrogen-bond donors (Lipinski definition) is 2. The molecular formula is C20H31N5. The number of nitrogens with zero attached hydrogens (tertiary/aromatic N) is 3. The molecule has 0 amide bonds. The summed E-state index contributed by atoms with van der Waals surface area (Å²) < 4.78 is 2.19. The molecule has 2 aromatic rings. The molecule has 2 rings (SSSR count). The van der Waals surface area contributed by atoms with Gasteiger partial charge in [0.2, 0.25) is 0 Å². The van der Waals surface area contributed by atoms with E-state index in [0.29, 0.717) is 12.5 Å². The smallest absolute Gasteiger partial charge is 0.191 e. The van der Waals surface area contributed by atoms with Crippen LogP contribution in [-0.2, 0) is 19.5 Å². The Morgan fingerprint density at radius 1 is 1.20 bits per heavy atom. The number of nitrogens with one attached hydrogen (secondary N) is 2. The topological polar surface area (TPSA) is 54.2 Å². The zero-order valence-electron chi connectivity index (χ0n) is 15.7. The molecule has 0 spiro atoms. The molecule has 0 aliphatic carbocycles. The SMILES string of the molecule is CCNC(=NCc1nccn1CC(C)C)NCCCc1ccccc1. The minimum atomic E-state index is 0.591. The fourth-order valence-corrected chi connectivity index (χ4v) is 2.69. The maximum absolute atomic E-state index is 4.68. The molecule has 0 fully saturated rings. The summed E-state index contributed by atoms with van der Waals surface area (Å²) >= 11 is 0. The fraction of sp³-hybridized carbons (Fsp3) is 0.500. The van der Waals surface area contributed by atoms with Crippen molar-refractivity contribution in [3.05, 3.63) is 54.1 Å². The lowest BCUT2D eigenvalue weighted by Crippen LogP contribution is -2.38. The molecule has 0 aliphatic heterocycles. The molecule has 0 atom stereocenters. The van der Waals surface area contributed by atoms with Crippen molar-refractivity contribution >= 4 is 5.96 Å². The highest BCUT2D eigenvalue weighted by Crippen LogP contribution is 2.05. The Kier molecular flexibility index (Phi) is 8.02. The number of aliphatic imine (C=N–C) groups is 1. The van der Waals surface area contributed by atoms with Crippen molar-refractivity contribution in [2.24, 2.45) is 10.9 Å². The molecule has 0 unspecified atom stereocenters. The summed E-state index contributed by atoms with van der Waals surface area (Å²) in [6, 6.07) is 10.6. The van der Waals surface area contributed by atoms with Gasteiger partial charge in [-0.3, -0.25) is 0 Å². The predicted molar refractivity (Wildman–Crippen MR) is 105 cm³/mol. The van der Waals surface area contributed by atoms with Gasteiger partial charge in [0, 0.05) is 32.0 Å². The minimum absolute atomic E-state index is 0.591. The lowest BCUT2D eigenvalue weighted by atomic mass is 10.1. The summed E-state index contributed by atoms with van der Waals surface area (Å²) in [6.07, 6.45) is 6.04. The number of imidazole rings is 1. The van der Waals surface area contributed by atoms with Crippen LogP contribution < -0.4 is 10.6 Å². The van der Waals surface area contributed by atoms with Gasteiger partial charge in [0.1, 0.15) is 12.4 Å². The quantitative estimate of drug-likeness (QED) is 0.418. The molecule has 1 heterocycles. The monoisotopic (exact) mass is 341 g/mol. The van der Waals surface area contributed by atoms with Crippen molar-refractivity contribution in [3.8, 4) is 0 Å². The molecule has 1 aromatic heterocycles. The van der Waals surface area contributed by atoms with Crippen LogP contribution in [0.4, 0.5) is 0 Å². The van der Waals surface area contributed by atoms with Crippen molar-refractivity contribution < 1.29 is 0 Å². The average molecular weight is 342 g/mol. The van der Waals surface area contributed by atoms with Crippen LogP contribution in [0.1, 0.15) is 38.6 Å². The largest absolute Gasteiger partial charge is 0.357 e. The Hall–Kier alpha value is -2.30. The Morgan fingerprint density at radius 2 is 2.00 bits per heavy atom. The molecule has 5 nitrogen and oxygen atoms in total. The summed E-state index contributed by atoms with van der Waals surface area (Å²) in [6.45, 7) is 9.84. The number of aromatic nitrogens is 2. The summed E-state index contributed by atoms with van der Waals surface area (Å²) in [5.74, 6) is 2.46. The molecule has 0 radical (unpaired) electrons. The lowest BCUT2D eigenvalue weighted by molar-refractivity contribution is 0.507. The van der Waals surface area contributed by atoms with Gasteiger partial charge in [0.15, 0.2) is 5.96 Å². The standard InChI is InChI=1S/C20H31N5/c1-4-21-20(23-12-8-11-18-9-6-5-7-10-18)24-15-19-22-13-14-25(19)16-17(2)3/h5-7,9-10,13-14,17H,4,8,11-12,15-16H2,1-3H3,(H2,21,23,24). The first-order valence-corrected chi connectivity index (χ1v) is 9.25. The van der Waals surface area contributed by atoms with E-state index in [1.165, 1.54) is 5.56 Å². The second-order valence-electron chi connectivity index (χ2n) is 6.60. The molecule has 0 aliphatic rings. The number of guanidine groups is 1. The second-order valence-corrected chi connectivity index (χ2v) is 6.60. The summed E-state index contributed by atoms with van der Waals surface area (Å²) in [5, 5.41) is 6.72. The molecule has 0 saturated carbocycles. The van der Waals surface area contributed by atoms with Crippen LogP contribution in [0.2, 0.25) is 0 Å². The van der Waals surface area contributed by atoms with Crippen molar-refractivity contribution in [2.45, 2.75) is 46.7 Å². The third-order valence-corrected chi connectivity index (χ3v) is 3.86. The third kappa shape index (κ3) is 6.99. The first-order chi connectivity index (χ1) is 12.2. The summed E-state index contributed by atoms with van der Waals surface area (Å²) in [4.78, 5) is 9.12. The zero-order valence-corrected chi connectivity index (χ0v) is 15.7. The van der Waals surface area contributed by atoms with Crippen molar-refractivity contribution in [1.82, 2.24) is 20.2 Å². The van der Waals surface area contributed by atoms with E-state index >= 15 is 0 Å². The molecular weight excluding hydrogens is 310 g/mol. The van der Waals surface area contributed by atoms with E-state index < -0.39 is 0 Å². The van der Waals surface area contributed by atoms with E-state index in [-0.39, 0.29) is 0 Å². The van der Waals surface area contributed by atoms with Crippen LogP contribution in [0.15, 0.2) is 47.7 Å². The van der Waals surface area contributed by atoms with Crippen LogP contribution in [0.3, 0.4) is 0 Å². The first-order valence-electron chi connectivity index (χ1n) is 9.25. The molecule has 25 heavy (non-hydrogen) atoms. The molecule has 5 heteroatoms. The van der Waals surface area contributed by atoms with E-state index in [9.17, 15) is 0 Å². The molecule has 0 saturated heterocycles. The maximum atomic E-state index is 4.68. The Bertz CT molecular complexity index is 631. The zero-order chi connectivity index (χ0) is 17.9. The van der Waals surface area contributed by atoms with Gasteiger partial charge in [-0.05, 0) is 31.2 Å². The molecule has 2 N–H and O–H groups in total. The highest BCUT2D eigenvalue weighted by atomic mass is 15.2. The normalized spacial score (nSPS) is 11.8. The van der Waals surface area contributed by atoms with Gasteiger partial charge in [-0.15, -0.1) is 0 Å². The van der Waals surface area contributed by atoms with Crippen LogP contribution in [0, 0.1) is 5.92 Å². The van der Waals surface area contributed by atoms with Crippen molar-refractivity contribution in [1.29, 1.82) is 0 Å². The van der Waals surface area contributed by atoms with Gasteiger partial charge in [0.25, 0.3) is 0 Å². The lowest BCUT2D eigenvalue weighted by Gasteiger charge is -2.12. The van der Waals surface area contributed by atoms with Gasteiger partial charge >= 0.3 is 0 Å². The second kappa shape index (κ2) is 10.5. The van der Waals surface area contributed by atoms with Crippen LogP contribution in [0.25, 0.3) is 0 Å². The molecule has 1 aromatic carbocycles. The van der Waals surface area contributed by atoms with E-state index in [2.05, 4.69) is 76.3 Å². The summed E-state index contributed by atoms with van der Waals surface area (Å²) in [5.41, 5.74) is 1.38. The van der Waals surface area contributed by atoms with Gasteiger partial charge < -0.3 is 15.2 Å². The number of benzene rings is 1. The molecule has 0 bridgehead atoms. The fourth-order valence-electron chi connectivity index (χ4n) is 2.69. The third-order valence-electron chi connectivity index (χ3n) is 3.86. The minimum Gasteiger partial charge on any atom is -0.357 e. The first kappa shape index (κ1) is 19.0. The highest BCUT2D eigenvalue weighted by molar-refractivity contribution is 5.79. The maximum Gasteiger partial charge on any atom is 0.191 e. The highest BCUT2D eigenvalue weighted by Gasteiger charge is 2.05. The van der Waals surface area contributed by atoms with E-state index in [1.54, 1.807) is 0 Å². The van der Waals surface area contributed by atoms with E-state index in [1.807, 2.05) is 12.4 Å². The Morgan fingerprint density at radius 3 is 2.72 bits per heavy atom. The number of hydrogen-bond acceptors (Lipinski definition) is 2. The van der Waals surface area contributed by atoms with Crippen molar-refractivity contribution in [2.75, 3.05) is 13.1 Å². The number of rotatable bonds is 9. The van der Waals surface area contributed by atoms with E-state index in [4.69, 9.17) is 0 Å². The van der Waals surface area contributed by atoms with Crippen LogP contribution in [-0.4, -0.2) is 28.6 Å². The molecule has 136 valence electrons. The van der Waals surface area contributed by atoms with Gasteiger partial charge in [-0.2, -0.15) is 0 Å². The number of aryl methyl sites for hydroxylation is 1. The van der Waals surface area contributed by atoms with Gasteiger partial charge in [-0.25, -0.2) is 9.98 Å². The van der Waals surface area contributed by atoms with Crippen LogP contribution in [0.5, 0.6) is 0 Å². The van der Waals surface area contributed by atoms with Gasteiger partial charge in [-0.1, -0.05) is 44.2 Å². The van der Waals surface area contributed by atoms with Crippen LogP contribution >= 0.6 is 0 Å². The van der Waals surface area contributed by atoms with Gasteiger partial charge in [0.05, 0.1) is 0 Å². The summed E-state index contributed by atoms with van der Waals surface area (Å²) in [7, 11) is 0. The Balaban J connectivity index is 1.82. The Labute approximate surface area is 151 Å².